The molecule has 0 aromatic carbocycles. The summed E-state index contributed by atoms with van der Waals surface area (Å²) in [5.41, 5.74) is -13.7. The number of rotatable bonds is 24. The quantitative estimate of drug-likeness (QED) is 0.0516. The van der Waals surface area contributed by atoms with Gasteiger partial charge in [-0.25, -0.2) is 0 Å². The molecule has 0 aromatic heterocycles. The molecule has 0 fully saturated rings. The third-order valence-electron chi connectivity index (χ3n) is 3.45. The molecule has 0 amide bonds. The summed E-state index contributed by atoms with van der Waals surface area (Å²) in [6.45, 7) is 28.8. The second-order valence-electron chi connectivity index (χ2n) is 7.70. The summed E-state index contributed by atoms with van der Waals surface area (Å²) in [6, 6.07) is 0. The average Bonchev–Trinajstić information content (AvgIpc) is 3.03. The first kappa shape index (κ1) is 80.3. The van der Waals surface area contributed by atoms with Gasteiger partial charge in [0.05, 0.1) is 34.2 Å². The van der Waals surface area contributed by atoms with Crippen LogP contribution in [0.5, 0.6) is 0 Å². The first-order valence-corrected chi connectivity index (χ1v) is 38.7. The van der Waals surface area contributed by atoms with E-state index in [0.717, 1.165) is 0 Å². The van der Waals surface area contributed by atoms with Crippen LogP contribution in [0.1, 0.15) is 83.1 Å². The molecule has 0 radical (unpaired) electrons. The zero-order valence-corrected chi connectivity index (χ0v) is 52.2. The van der Waals surface area contributed by atoms with Crippen molar-refractivity contribution in [1.82, 2.24) is 0 Å². The minimum Gasteiger partial charge on any atom is -0.691 e. The Labute approximate surface area is 428 Å². The van der Waals surface area contributed by atoms with Crippen molar-refractivity contribution < 1.29 is 79.6 Å². The molecule has 0 heterocycles. The van der Waals surface area contributed by atoms with E-state index >= 15 is 0 Å². The molecule has 33 heteroatoms. The third kappa shape index (κ3) is 76.8. The molecule has 0 spiro atoms. The summed E-state index contributed by atoms with van der Waals surface area (Å²) in [5, 5.41) is 0. The molecule has 0 aliphatic rings. The standard InChI is InChI=1S/6C4H11O2PS2.Mo.OS/c6*1-3-5-7(8,9)6-4-2;;1-2/h6*3-4H2,1-2H3,(H,8,9);;/q;;;;;;+6;/p-6. The van der Waals surface area contributed by atoms with Crippen LogP contribution >= 0.6 is 34.2 Å². The van der Waals surface area contributed by atoms with E-state index in [0.29, 0.717) is 79.3 Å². The van der Waals surface area contributed by atoms with Crippen LogP contribution in [0.3, 0.4) is 0 Å². The molecule has 0 bridgehead atoms. The van der Waals surface area contributed by atoms with Crippen LogP contribution in [-0.2, 0) is 232 Å². The monoisotopic (exact) mass is 1260 g/mol. The molecule has 0 aliphatic carbocycles. The molecule has 57 heavy (non-hydrogen) atoms. The van der Waals surface area contributed by atoms with E-state index in [9.17, 15) is 0 Å². The second kappa shape index (κ2) is 53.2. The van der Waals surface area contributed by atoms with Crippen molar-refractivity contribution in [2.45, 2.75) is 83.1 Å². The number of hydrogen-bond donors (Lipinski definition) is 0. The molecule has 0 saturated carbocycles. The predicted molar refractivity (Wildman–Crippen MR) is 278 cm³/mol. The molecule has 13 nitrogen and oxygen atoms in total. The fourth-order valence-electron chi connectivity index (χ4n) is 2.12. The van der Waals surface area contributed by atoms with E-state index in [1.165, 1.54) is 0 Å². The van der Waals surface area contributed by atoms with Crippen molar-refractivity contribution in [2.75, 3.05) is 79.3 Å². The SMILES string of the molecule is CCOP(=S)([S-])OCC.CCOP(=S)([S-])OCC.CCOP(=S)([S-])OCC.CCOP(=S)([S-])OCC.CCOP(=S)([S-])OCC.CCOP(=S)([S-])OCC.O=S.[Mo+6]. The molecule has 0 aliphatic heterocycles. The van der Waals surface area contributed by atoms with E-state index in [-0.39, 0.29) is 21.1 Å². The summed E-state index contributed by atoms with van der Waals surface area (Å²) < 4.78 is 67.7. The normalized spacial score (nSPS) is 11.3. The van der Waals surface area contributed by atoms with Gasteiger partial charge in [-0.05, 0) is 83.1 Å². The van der Waals surface area contributed by atoms with Gasteiger partial charge >= 0.3 is 21.1 Å². The fraction of sp³-hybridized carbons (Fsp3) is 1.00. The van der Waals surface area contributed by atoms with Crippen molar-refractivity contribution in [3.63, 3.8) is 0 Å². The van der Waals surface area contributed by atoms with Crippen LogP contribution < -0.4 is 0 Å². The van der Waals surface area contributed by atoms with Crippen LogP contribution in [0, 0.1) is 0 Å². The molecular weight excluding hydrogens is 1190 g/mol. The van der Waals surface area contributed by atoms with Gasteiger partial charge in [-0.2, -0.15) is 4.21 Å². The fourth-order valence-corrected chi connectivity index (χ4v) is 14.0. The summed E-state index contributed by atoms with van der Waals surface area (Å²) in [4.78, 5) is 0. The topological polar surface area (TPSA) is 128 Å². The molecule has 0 saturated heterocycles. The maximum Gasteiger partial charge on any atom is 6.00 e. The summed E-state index contributed by atoms with van der Waals surface area (Å²) >= 11 is 60.7. The molecule has 0 atom stereocenters. The molecule has 348 valence electrons. The smallest absolute Gasteiger partial charge is 0.691 e. The van der Waals surface area contributed by atoms with Gasteiger partial charge in [-0.1, -0.05) is 70.8 Å². The zero-order chi connectivity index (χ0) is 46.0. The van der Waals surface area contributed by atoms with Crippen molar-refractivity contribution >= 4 is 191 Å². The Morgan fingerprint density at radius 2 is 0.316 bits per heavy atom. The summed E-state index contributed by atoms with van der Waals surface area (Å²) in [6.07, 6.45) is 0. The van der Waals surface area contributed by atoms with Gasteiger partial charge in [0.2, 0.25) is 0 Å². The Bertz CT molecular complexity index is 887. The van der Waals surface area contributed by atoms with Crippen molar-refractivity contribution in [1.29, 1.82) is 0 Å². The maximum atomic E-state index is 7.83. The van der Waals surface area contributed by atoms with Gasteiger partial charge < -0.3 is 128 Å². The van der Waals surface area contributed by atoms with E-state index in [2.05, 4.69) is 12.5 Å². The van der Waals surface area contributed by atoms with E-state index < -0.39 is 34.2 Å². The molecule has 0 aromatic rings. The van der Waals surface area contributed by atoms with E-state index in [4.69, 9.17) is 203 Å². The van der Waals surface area contributed by atoms with E-state index in [1.54, 1.807) is 0 Å². The van der Waals surface area contributed by atoms with Crippen LogP contribution in [0.15, 0.2) is 0 Å². The van der Waals surface area contributed by atoms with Crippen LogP contribution in [-0.4, -0.2) is 83.5 Å². The van der Waals surface area contributed by atoms with E-state index in [1.807, 2.05) is 83.1 Å². The summed E-state index contributed by atoms with van der Waals surface area (Å²) in [5.74, 6) is 0. The van der Waals surface area contributed by atoms with Crippen LogP contribution in [0.25, 0.3) is 0 Å². The van der Waals surface area contributed by atoms with Crippen molar-refractivity contribution in [3.05, 3.63) is 0 Å². The van der Waals surface area contributed by atoms with Gasteiger partial charge in [0.1, 0.15) is 0 Å². The maximum absolute atomic E-state index is 7.83. The average molecular weight is 1260 g/mol. The Kier molecular flexibility index (Phi) is 74.9. The first-order valence-electron chi connectivity index (χ1n) is 16.5. The largest absolute Gasteiger partial charge is 6.00 e. The second-order valence-corrected chi connectivity index (χ2v) is 37.6. The van der Waals surface area contributed by atoms with Crippen LogP contribution in [0.2, 0.25) is 0 Å². The molecular formula is C24H60MoO13P6S13. The Morgan fingerprint density at radius 3 is 0.351 bits per heavy atom. The Morgan fingerprint density at radius 1 is 0.263 bits per heavy atom. The van der Waals surface area contributed by atoms with Crippen molar-refractivity contribution in [3.8, 4) is 0 Å². The van der Waals surface area contributed by atoms with Crippen LogP contribution in [0.4, 0.5) is 0 Å². The minimum absolute atomic E-state index is 0. The molecule has 0 N–H and O–H groups in total. The third-order valence-corrected chi connectivity index (χ3v) is 17.9. The first-order chi connectivity index (χ1) is 25.7. The number of hydrogen-bond acceptors (Lipinski definition) is 26. The zero-order valence-electron chi connectivity index (χ0n) is 34.2. The molecule has 0 rings (SSSR count). The van der Waals surface area contributed by atoms with Gasteiger partial charge in [0.15, 0.2) is 12.5 Å². The van der Waals surface area contributed by atoms with Crippen molar-refractivity contribution in [2.24, 2.45) is 0 Å². The van der Waals surface area contributed by atoms with Gasteiger partial charge in [-0.3, -0.25) is 0 Å². The van der Waals surface area contributed by atoms with Gasteiger partial charge in [-0.15, -0.1) is 0 Å². The van der Waals surface area contributed by atoms with Gasteiger partial charge in [0, 0.05) is 79.3 Å². The summed E-state index contributed by atoms with van der Waals surface area (Å²) in [7, 11) is 0. The minimum atomic E-state index is -2.28. The Balaban J connectivity index is -0.0000000832. The Hall–Kier alpha value is 6.23. The van der Waals surface area contributed by atoms with Gasteiger partial charge in [0.25, 0.3) is 0 Å². The predicted octanol–water partition coefficient (Wildman–Crippen LogP) is 10.6. The molecule has 0 unspecified atom stereocenters.